The van der Waals surface area contributed by atoms with Gasteiger partial charge in [-0.25, -0.2) is 4.98 Å². The predicted octanol–water partition coefficient (Wildman–Crippen LogP) is 2.56. The van der Waals surface area contributed by atoms with E-state index in [0.717, 1.165) is 23.1 Å². The van der Waals surface area contributed by atoms with Crippen molar-refractivity contribution in [2.45, 2.75) is 38.6 Å². The maximum atomic E-state index is 10.7. The van der Waals surface area contributed by atoms with E-state index in [9.17, 15) is 4.79 Å². The third-order valence-corrected chi connectivity index (χ3v) is 3.46. The first-order valence-corrected chi connectivity index (χ1v) is 6.40. The molecular weight excluding hydrogens is 228 g/mol. The lowest BCUT2D eigenvalue weighted by Crippen LogP contribution is -2.00. The largest absolute Gasteiger partial charge is 0.481 e. The second kappa shape index (κ2) is 4.12. The molecule has 4 heteroatoms. The molecule has 0 amide bonds. The molecule has 0 bridgehead atoms. The Bertz CT molecular complexity index is 612. The molecule has 1 aromatic heterocycles. The first-order chi connectivity index (χ1) is 8.69. The zero-order valence-electron chi connectivity index (χ0n) is 10.4. The minimum absolute atomic E-state index is 0.0632. The Balaban J connectivity index is 2.08. The zero-order valence-corrected chi connectivity index (χ0v) is 10.4. The molecule has 4 nitrogen and oxygen atoms in total. The lowest BCUT2D eigenvalue weighted by molar-refractivity contribution is -0.136. The van der Waals surface area contributed by atoms with Crippen molar-refractivity contribution in [1.29, 1.82) is 0 Å². The fourth-order valence-corrected chi connectivity index (χ4v) is 2.46. The summed E-state index contributed by atoms with van der Waals surface area (Å²) in [6.07, 6.45) is 2.52. The number of carbonyl (C=O) groups is 1. The second-order valence-corrected chi connectivity index (χ2v) is 4.88. The molecule has 0 atom stereocenters. The molecule has 1 aliphatic rings. The van der Waals surface area contributed by atoms with Crippen LogP contribution in [-0.4, -0.2) is 20.6 Å². The van der Waals surface area contributed by atoms with Crippen LogP contribution < -0.4 is 0 Å². The van der Waals surface area contributed by atoms with Crippen molar-refractivity contribution >= 4 is 17.0 Å². The lowest BCUT2D eigenvalue weighted by atomic mass is 10.1. The number of aromatic nitrogens is 2. The zero-order chi connectivity index (χ0) is 12.7. The Hall–Kier alpha value is -1.84. The van der Waals surface area contributed by atoms with Crippen molar-refractivity contribution < 1.29 is 9.90 Å². The van der Waals surface area contributed by atoms with Gasteiger partial charge in [-0.3, -0.25) is 4.79 Å². The molecule has 1 saturated carbocycles. The number of imidazole rings is 1. The van der Waals surface area contributed by atoms with Gasteiger partial charge in [0, 0.05) is 12.5 Å². The molecule has 3 rings (SSSR count). The molecular formula is C14H16N2O2. The number of aliphatic carboxylic acids is 1. The molecule has 0 spiro atoms. The van der Waals surface area contributed by atoms with E-state index in [-0.39, 0.29) is 6.42 Å². The second-order valence-electron chi connectivity index (χ2n) is 4.88. The molecule has 1 heterocycles. The summed E-state index contributed by atoms with van der Waals surface area (Å²) in [5.74, 6) is 0.979. The summed E-state index contributed by atoms with van der Waals surface area (Å²) in [5, 5.41) is 8.82. The van der Waals surface area contributed by atoms with E-state index in [1.54, 1.807) is 0 Å². The molecule has 1 N–H and O–H groups in total. The van der Waals surface area contributed by atoms with E-state index in [1.807, 2.05) is 18.2 Å². The highest BCUT2D eigenvalue weighted by Gasteiger charge is 2.29. The molecule has 0 saturated heterocycles. The topological polar surface area (TPSA) is 55.1 Å². The Morgan fingerprint density at radius 1 is 1.50 bits per heavy atom. The summed E-state index contributed by atoms with van der Waals surface area (Å²) in [6, 6.07) is 5.79. The monoisotopic (exact) mass is 244 g/mol. The number of hydrogen-bond acceptors (Lipinski definition) is 2. The van der Waals surface area contributed by atoms with E-state index < -0.39 is 5.97 Å². The van der Waals surface area contributed by atoms with Crippen molar-refractivity contribution in [3.05, 3.63) is 29.6 Å². The molecule has 94 valence electrons. The molecule has 0 unspecified atom stereocenters. The molecule has 18 heavy (non-hydrogen) atoms. The Labute approximate surface area is 105 Å². The summed E-state index contributed by atoms with van der Waals surface area (Å²) in [7, 11) is 0. The molecule has 1 aromatic carbocycles. The average molecular weight is 244 g/mol. The summed E-state index contributed by atoms with van der Waals surface area (Å²) >= 11 is 0. The summed E-state index contributed by atoms with van der Waals surface area (Å²) in [4.78, 5) is 15.4. The van der Waals surface area contributed by atoms with Crippen LogP contribution in [0.2, 0.25) is 0 Å². The van der Waals surface area contributed by atoms with Crippen LogP contribution in [0.1, 0.15) is 37.1 Å². The highest BCUT2D eigenvalue weighted by atomic mass is 16.4. The van der Waals surface area contributed by atoms with Crippen molar-refractivity contribution in [1.82, 2.24) is 9.55 Å². The van der Waals surface area contributed by atoms with Crippen LogP contribution in [-0.2, 0) is 17.8 Å². The van der Waals surface area contributed by atoms with Gasteiger partial charge in [0.25, 0.3) is 0 Å². The van der Waals surface area contributed by atoms with E-state index in [0.29, 0.717) is 5.92 Å². The standard InChI is InChI=1S/C14H16N2O2/c1-2-16-12-6-3-9(8-13(17)18)7-11(12)15-14(16)10-4-5-10/h3,6-7,10H,2,4-5,8H2,1H3,(H,17,18). The Kier molecular flexibility index (Phi) is 2.58. The number of carboxylic acids is 1. The number of hydrogen-bond donors (Lipinski definition) is 1. The van der Waals surface area contributed by atoms with E-state index in [2.05, 4.69) is 16.5 Å². The maximum absolute atomic E-state index is 10.7. The number of benzene rings is 1. The Morgan fingerprint density at radius 3 is 2.89 bits per heavy atom. The fraction of sp³-hybridized carbons (Fsp3) is 0.429. The first-order valence-electron chi connectivity index (χ1n) is 6.40. The third kappa shape index (κ3) is 1.88. The summed E-state index contributed by atoms with van der Waals surface area (Å²) in [5.41, 5.74) is 2.86. The normalized spacial score (nSPS) is 15.2. The maximum Gasteiger partial charge on any atom is 0.307 e. The van der Waals surface area contributed by atoms with Crippen LogP contribution in [0.5, 0.6) is 0 Å². The van der Waals surface area contributed by atoms with E-state index in [4.69, 9.17) is 5.11 Å². The molecule has 1 aliphatic carbocycles. The predicted molar refractivity (Wildman–Crippen MR) is 68.7 cm³/mol. The van der Waals surface area contributed by atoms with Crippen molar-refractivity contribution in [3.8, 4) is 0 Å². The third-order valence-electron chi connectivity index (χ3n) is 3.46. The highest BCUT2D eigenvalue weighted by Crippen LogP contribution is 2.40. The van der Waals surface area contributed by atoms with E-state index >= 15 is 0 Å². The van der Waals surface area contributed by atoms with Crippen LogP contribution in [0, 0.1) is 0 Å². The lowest BCUT2D eigenvalue weighted by Gasteiger charge is -2.04. The average Bonchev–Trinajstić information content (AvgIpc) is 3.09. The van der Waals surface area contributed by atoms with Gasteiger partial charge in [0.1, 0.15) is 5.82 Å². The number of fused-ring (bicyclic) bond motifs is 1. The van der Waals surface area contributed by atoms with Crippen LogP contribution in [0.15, 0.2) is 18.2 Å². The van der Waals surface area contributed by atoms with Crippen LogP contribution in [0.3, 0.4) is 0 Å². The van der Waals surface area contributed by atoms with E-state index in [1.165, 1.54) is 18.7 Å². The van der Waals surface area contributed by atoms with Gasteiger partial charge in [0.05, 0.1) is 17.5 Å². The summed E-state index contributed by atoms with van der Waals surface area (Å²) < 4.78 is 2.25. The number of rotatable bonds is 4. The van der Waals surface area contributed by atoms with Crippen LogP contribution >= 0.6 is 0 Å². The molecule has 0 aliphatic heterocycles. The van der Waals surface area contributed by atoms with Crippen molar-refractivity contribution in [2.75, 3.05) is 0 Å². The van der Waals surface area contributed by atoms with Gasteiger partial charge in [0.2, 0.25) is 0 Å². The number of aryl methyl sites for hydroxylation is 1. The van der Waals surface area contributed by atoms with Gasteiger partial charge in [-0.2, -0.15) is 0 Å². The van der Waals surface area contributed by atoms with Gasteiger partial charge in [-0.05, 0) is 37.5 Å². The Morgan fingerprint density at radius 2 is 2.28 bits per heavy atom. The summed E-state index contributed by atoms with van der Waals surface area (Å²) in [6.45, 7) is 3.04. The number of carboxylic acid groups (broad SMARTS) is 1. The minimum Gasteiger partial charge on any atom is -0.481 e. The van der Waals surface area contributed by atoms with Crippen LogP contribution in [0.25, 0.3) is 11.0 Å². The molecule has 2 aromatic rings. The van der Waals surface area contributed by atoms with Gasteiger partial charge in [0.15, 0.2) is 0 Å². The fourth-order valence-electron chi connectivity index (χ4n) is 2.46. The van der Waals surface area contributed by atoms with Crippen molar-refractivity contribution in [3.63, 3.8) is 0 Å². The van der Waals surface area contributed by atoms with Gasteiger partial charge in [-0.1, -0.05) is 6.07 Å². The smallest absolute Gasteiger partial charge is 0.307 e. The first kappa shape index (κ1) is 11.3. The number of nitrogens with zero attached hydrogens (tertiary/aromatic N) is 2. The SMILES string of the molecule is CCn1c(C2CC2)nc2cc(CC(=O)O)ccc21. The minimum atomic E-state index is -0.799. The quantitative estimate of drug-likeness (QED) is 0.899. The molecule has 1 fully saturated rings. The van der Waals surface area contributed by atoms with Crippen LogP contribution in [0.4, 0.5) is 0 Å². The highest BCUT2D eigenvalue weighted by molar-refractivity contribution is 5.79. The van der Waals surface area contributed by atoms with Gasteiger partial charge in [-0.15, -0.1) is 0 Å². The van der Waals surface area contributed by atoms with Gasteiger partial charge >= 0.3 is 5.97 Å². The molecule has 0 radical (unpaired) electrons. The van der Waals surface area contributed by atoms with Gasteiger partial charge < -0.3 is 9.67 Å². The van der Waals surface area contributed by atoms with Crippen molar-refractivity contribution in [2.24, 2.45) is 0 Å².